The topological polar surface area (TPSA) is 53.8 Å². The Morgan fingerprint density at radius 3 is 3.00 bits per heavy atom. The van der Waals surface area contributed by atoms with Crippen molar-refractivity contribution in [3.63, 3.8) is 0 Å². The lowest BCUT2D eigenvalue weighted by Crippen LogP contribution is -2.13. The molecule has 2 heterocycles. The van der Waals surface area contributed by atoms with Gasteiger partial charge < -0.3 is 5.32 Å². The predicted molar refractivity (Wildman–Crippen MR) is 79.0 cm³/mol. The van der Waals surface area contributed by atoms with Crippen molar-refractivity contribution in [2.75, 3.05) is 5.32 Å². The highest BCUT2D eigenvalue weighted by atomic mass is 19.1. The van der Waals surface area contributed by atoms with E-state index in [1.165, 1.54) is 12.1 Å². The van der Waals surface area contributed by atoms with Gasteiger partial charge in [0.15, 0.2) is 0 Å². The average molecular weight is 279 g/mol. The number of hydrogen-bond donors (Lipinski definition) is 1. The van der Waals surface area contributed by atoms with Crippen LogP contribution in [0.15, 0.2) is 46.4 Å². The number of aliphatic imine (C=N–C) groups is 2. The summed E-state index contributed by atoms with van der Waals surface area (Å²) in [6, 6.07) is 9.84. The van der Waals surface area contributed by atoms with Crippen molar-refractivity contribution >= 4 is 29.2 Å². The van der Waals surface area contributed by atoms with Crippen LogP contribution in [0, 0.1) is 5.82 Å². The number of fused-ring (bicyclic) bond motifs is 2. The first kappa shape index (κ1) is 12.0. The van der Waals surface area contributed by atoms with Gasteiger partial charge in [-0.25, -0.2) is 9.38 Å². The molecule has 0 radical (unpaired) electrons. The molecule has 2 aliphatic rings. The second kappa shape index (κ2) is 4.34. The van der Waals surface area contributed by atoms with Crippen molar-refractivity contribution < 1.29 is 9.18 Å². The Kier molecular flexibility index (Phi) is 2.47. The number of amides is 1. The Morgan fingerprint density at radius 2 is 2.10 bits per heavy atom. The van der Waals surface area contributed by atoms with Crippen molar-refractivity contribution in [2.24, 2.45) is 9.98 Å². The van der Waals surface area contributed by atoms with Gasteiger partial charge >= 0.3 is 0 Å². The molecular weight excluding hydrogens is 269 g/mol. The molecule has 2 aromatic rings. The first-order valence-corrected chi connectivity index (χ1v) is 6.53. The van der Waals surface area contributed by atoms with E-state index in [-0.39, 0.29) is 17.4 Å². The molecule has 1 amide bonds. The molecule has 2 aliphatic heterocycles. The molecule has 0 aromatic heterocycles. The fraction of sp³-hybridized carbons (Fsp3) is 0.0625. The molecule has 0 saturated carbocycles. The van der Waals surface area contributed by atoms with Gasteiger partial charge in [0.05, 0.1) is 17.9 Å². The third-order valence-corrected chi connectivity index (χ3v) is 3.56. The molecule has 5 heteroatoms. The van der Waals surface area contributed by atoms with E-state index in [1.54, 1.807) is 12.3 Å². The highest BCUT2D eigenvalue weighted by Crippen LogP contribution is 2.27. The predicted octanol–water partition coefficient (Wildman–Crippen LogP) is 2.83. The monoisotopic (exact) mass is 279 g/mol. The van der Waals surface area contributed by atoms with E-state index < -0.39 is 0 Å². The van der Waals surface area contributed by atoms with Gasteiger partial charge in [-0.2, -0.15) is 0 Å². The molecule has 21 heavy (non-hydrogen) atoms. The molecule has 2 aromatic carbocycles. The van der Waals surface area contributed by atoms with Gasteiger partial charge in [0.25, 0.3) is 5.91 Å². The minimum Gasteiger partial charge on any atom is -0.320 e. The number of carbonyl (C=O) groups is 1. The molecule has 0 aliphatic carbocycles. The number of hydrogen-bond acceptors (Lipinski definition) is 3. The quantitative estimate of drug-likeness (QED) is 0.857. The maximum Gasteiger partial charge on any atom is 0.275 e. The summed E-state index contributed by atoms with van der Waals surface area (Å²) in [5, 5.41) is 2.68. The smallest absolute Gasteiger partial charge is 0.275 e. The first-order chi connectivity index (χ1) is 10.2. The molecule has 4 rings (SSSR count). The standard InChI is InChI=1S/C16H10FN3O/c17-11-2-4-14-13(6-11)15(16(21)20-14)19-12-3-1-9-7-18-8-10(9)5-12/h1-6,8H,7H2,(H,19,20,21). The first-order valence-electron chi connectivity index (χ1n) is 6.53. The molecule has 102 valence electrons. The summed E-state index contributed by atoms with van der Waals surface area (Å²) in [6.45, 7) is 0.681. The van der Waals surface area contributed by atoms with Gasteiger partial charge in [-0.15, -0.1) is 0 Å². The Hall–Kier alpha value is -2.82. The largest absolute Gasteiger partial charge is 0.320 e. The van der Waals surface area contributed by atoms with Gasteiger partial charge in [0, 0.05) is 11.8 Å². The Labute approximate surface area is 120 Å². The molecule has 1 N–H and O–H groups in total. The van der Waals surface area contributed by atoms with Gasteiger partial charge in [-0.1, -0.05) is 6.07 Å². The van der Waals surface area contributed by atoms with E-state index in [0.29, 0.717) is 23.5 Å². The van der Waals surface area contributed by atoms with E-state index in [0.717, 1.165) is 11.1 Å². The zero-order valence-electron chi connectivity index (χ0n) is 10.9. The number of anilines is 1. The van der Waals surface area contributed by atoms with Crippen molar-refractivity contribution in [1.82, 2.24) is 0 Å². The summed E-state index contributed by atoms with van der Waals surface area (Å²) in [5.41, 5.74) is 4.12. The minimum absolute atomic E-state index is 0.236. The highest BCUT2D eigenvalue weighted by molar-refractivity contribution is 6.54. The van der Waals surface area contributed by atoms with Gasteiger partial charge in [-0.3, -0.25) is 9.79 Å². The summed E-state index contributed by atoms with van der Waals surface area (Å²) < 4.78 is 13.4. The van der Waals surface area contributed by atoms with Crippen molar-refractivity contribution in [3.05, 3.63) is 58.9 Å². The van der Waals surface area contributed by atoms with Crippen molar-refractivity contribution in [2.45, 2.75) is 6.54 Å². The van der Waals surface area contributed by atoms with Crippen LogP contribution in [0.25, 0.3) is 0 Å². The van der Waals surface area contributed by atoms with Gasteiger partial charge in [0.2, 0.25) is 0 Å². The minimum atomic E-state index is -0.390. The fourth-order valence-corrected chi connectivity index (χ4v) is 2.52. The van der Waals surface area contributed by atoms with Crippen molar-refractivity contribution in [1.29, 1.82) is 0 Å². The second-order valence-electron chi connectivity index (χ2n) is 4.96. The SMILES string of the molecule is O=C1Nc2ccc(F)cc2C1=Nc1ccc2c(c1)C=NC2. The van der Waals surface area contributed by atoms with Crippen LogP contribution in [0.3, 0.4) is 0 Å². The lowest BCUT2D eigenvalue weighted by molar-refractivity contribution is -0.110. The normalized spacial score (nSPS) is 17.0. The molecule has 0 saturated heterocycles. The van der Waals surface area contributed by atoms with Crippen LogP contribution in [0.4, 0.5) is 15.8 Å². The van der Waals surface area contributed by atoms with Crippen LogP contribution in [0.1, 0.15) is 16.7 Å². The van der Waals surface area contributed by atoms with Crippen LogP contribution in [-0.2, 0) is 11.3 Å². The van der Waals surface area contributed by atoms with Crippen LogP contribution < -0.4 is 5.32 Å². The summed E-state index contributed by atoms with van der Waals surface area (Å²) in [6.07, 6.45) is 1.79. The molecule has 0 fully saturated rings. The molecular formula is C16H10FN3O. The van der Waals surface area contributed by atoms with Crippen LogP contribution >= 0.6 is 0 Å². The zero-order chi connectivity index (χ0) is 14.4. The number of benzene rings is 2. The lowest BCUT2D eigenvalue weighted by Gasteiger charge is -2.01. The lowest BCUT2D eigenvalue weighted by atomic mass is 10.1. The number of carbonyl (C=O) groups excluding carboxylic acids is 1. The van der Waals surface area contributed by atoms with Gasteiger partial charge in [0.1, 0.15) is 11.5 Å². The zero-order valence-corrected chi connectivity index (χ0v) is 10.9. The number of halogens is 1. The van der Waals surface area contributed by atoms with E-state index in [9.17, 15) is 9.18 Å². The maximum atomic E-state index is 13.4. The average Bonchev–Trinajstić information content (AvgIpc) is 3.04. The third kappa shape index (κ3) is 1.94. The summed E-state index contributed by atoms with van der Waals surface area (Å²) in [4.78, 5) is 20.5. The number of nitrogens with one attached hydrogen (secondary N) is 1. The fourth-order valence-electron chi connectivity index (χ4n) is 2.52. The maximum absolute atomic E-state index is 13.4. The number of rotatable bonds is 1. The molecule has 0 spiro atoms. The Bertz CT molecular complexity index is 839. The van der Waals surface area contributed by atoms with Gasteiger partial charge in [-0.05, 0) is 41.5 Å². The van der Waals surface area contributed by atoms with E-state index in [2.05, 4.69) is 15.3 Å². The van der Waals surface area contributed by atoms with Crippen molar-refractivity contribution in [3.8, 4) is 0 Å². The van der Waals surface area contributed by atoms with E-state index >= 15 is 0 Å². The summed E-state index contributed by atoms with van der Waals surface area (Å²) in [5.74, 6) is -0.705. The molecule has 0 unspecified atom stereocenters. The van der Waals surface area contributed by atoms with Crippen LogP contribution in [0.2, 0.25) is 0 Å². The number of nitrogens with zero attached hydrogens (tertiary/aromatic N) is 2. The summed E-state index contributed by atoms with van der Waals surface area (Å²) >= 11 is 0. The molecule has 0 bridgehead atoms. The summed E-state index contributed by atoms with van der Waals surface area (Å²) in [7, 11) is 0. The Balaban J connectivity index is 1.81. The Morgan fingerprint density at radius 1 is 1.19 bits per heavy atom. The third-order valence-electron chi connectivity index (χ3n) is 3.56. The second-order valence-corrected chi connectivity index (χ2v) is 4.96. The van der Waals surface area contributed by atoms with E-state index in [4.69, 9.17) is 0 Å². The van der Waals surface area contributed by atoms with E-state index in [1.807, 2.05) is 18.2 Å². The van der Waals surface area contributed by atoms with Crippen LogP contribution in [0.5, 0.6) is 0 Å². The molecule has 0 atom stereocenters. The highest BCUT2D eigenvalue weighted by Gasteiger charge is 2.26. The van der Waals surface area contributed by atoms with Crippen LogP contribution in [-0.4, -0.2) is 17.8 Å². The molecule has 4 nitrogen and oxygen atoms in total.